The van der Waals surface area contributed by atoms with Crippen LogP contribution in [0.2, 0.25) is 0 Å². The van der Waals surface area contributed by atoms with E-state index < -0.39 is 5.41 Å². The van der Waals surface area contributed by atoms with Crippen molar-refractivity contribution in [3.05, 3.63) is 30.1 Å². The molecule has 20 heavy (non-hydrogen) atoms. The Balaban J connectivity index is 2.57. The fourth-order valence-electron chi connectivity index (χ4n) is 1.47. The van der Waals surface area contributed by atoms with Gasteiger partial charge in [0.05, 0.1) is 5.41 Å². The number of carbonyl (C=O) groups excluding carboxylic acids is 1. The lowest BCUT2D eigenvalue weighted by molar-refractivity contribution is -0.128. The van der Waals surface area contributed by atoms with Crippen LogP contribution in [0.3, 0.4) is 0 Å². The summed E-state index contributed by atoms with van der Waals surface area (Å²) in [5.74, 6) is 0.323. The van der Waals surface area contributed by atoms with Crippen LogP contribution >= 0.6 is 11.8 Å². The molecule has 1 N–H and O–H groups in total. The molecule has 0 radical (unpaired) electrons. The largest absolute Gasteiger partial charge is 0.355 e. The van der Waals surface area contributed by atoms with Crippen molar-refractivity contribution in [1.29, 1.82) is 0 Å². The smallest absolute Gasteiger partial charge is 0.226 e. The Bertz CT molecular complexity index is 466. The van der Waals surface area contributed by atoms with Gasteiger partial charge < -0.3 is 5.32 Å². The minimum absolute atomic E-state index is 0.0104. The minimum Gasteiger partial charge on any atom is -0.355 e. The molecule has 0 unspecified atom stereocenters. The van der Waals surface area contributed by atoms with Gasteiger partial charge in [0.25, 0.3) is 0 Å². The van der Waals surface area contributed by atoms with Crippen molar-refractivity contribution in [3.8, 4) is 0 Å². The van der Waals surface area contributed by atoms with Gasteiger partial charge in [-0.15, -0.1) is 11.8 Å². The molecule has 0 saturated carbocycles. The predicted molar refractivity (Wildman–Crippen MR) is 83.4 cm³/mol. The third-order valence-corrected chi connectivity index (χ3v) is 4.33. The summed E-state index contributed by atoms with van der Waals surface area (Å²) in [4.78, 5) is 12.8. The Labute approximate surface area is 125 Å². The lowest BCUT2D eigenvalue weighted by Crippen LogP contribution is -2.42. The Kier molecular flexibility index (Phi) is 5.63. The molecule has 0 heterocycles. The molecule has 0 aliphatic rings. The molecule has 1 aromatic carbocycles. The summed E-state index contributed by atoms with van der Waals surface area (Å²) in [6, 6.07) is 6.65. The standard InChI is InChI=1S/C16H24FNOS/c1-15(2,3)10-18-14(19)16(4,5)11-20-13-9-7-6-8-12(13)17/h6-9H,10-11H2,1-5H3,(H,18,19). The molecule has 0 spiro atoms. The highest BCUT2D eigenvalue weighted by atomic mass is 32.2. The van der Waals surface area contributed by atoms with Gasteiger partial charge in [-0.05, 0) is 17.5 Å². The molecular weight excluding hydrogens is 273 g/mol. The van der Waals surface area contributed by atoms with Crippen molar-refractivity contribution in [3.63, 3.8) is 0 Å². The van der Waals surface area contributed by atoms with Crippen LogP contribution in [0.4, 0.5) is 4.39 Å². The summed E-state index contributed by atoms with van der Waals surface area (Å²) in [5.41, 5.74) is -0.470. The molecule has 0 bridgehead atoms. The maximum absolute atomic E-state index is 13.5. The Morgan fingerprint density at radius 2 is 1.80 bits per heavy atom. The first-order chi connectivity index (χ1) is 9.12. The van der Waals surface area contributed by atoms with Gasteiger partial charge in [-0.25, -0.2) is 4.39 Å². The van der Waals surface area contributed by atoms with E-state index in [2.05, 4.69) is 26.1 Å². The number of benzene rings is 1. The van der Waals surface area contributed by atoms with Gasteiger partial charge in [-0.1, -0.05) is 46.8 Å². The zero-order chi connectivity index (χ0) is 15.4. The summed E-state index contributed by atoms with van der Waals surface area (Å²) in [6.07, 6.45) is 0. The Morgan fingerprint density at radius 1 is 1.20 bits per heavy atom. The second-order valence-electron chi connectivity index (χ2n) is 6.85. The second-order valence-corrected chi connectivity index (χ2v) is 7.86. The summed E-state index contributed by atoms with van der Waals surface area (Å²) < 4.78 is 13.5. The van der Waals surface area contributed by atoms with Crippen molar-refractivity contribution in [2.24, 2.45) is 10.8 Å². The molecule has 0 saturated heterocycles. The number of amides is 1. The van der Waals surface area contributed by atoms with Crippen LogP contribution in [-0.4, -0.2) is 18.2 Å². The van der Waals surface area contributed by atoms with E-state index in [1.165, 1.54) is 17.8 Å². The van der Waals surface area contributed by atoms with Crippen LogP contribution < -0.4 is 5.32 Å². The first kappa shape index (κ1) is 17.0. The molecule has 1 rings (SSSR count). The van der Waals surface area contributed by atoms with Gasteiger partial charge >= 0.3 is 0 Å². The number of hydrogen-bond acceptors (Lipinski definition) is 2. The molecule has 0 aliphatic heterocycles. The van der Waals surface area contributed by atoms with Gasteiger partial charge in [0.2, 0.25) is 5.91 Å². The van der Waals surface area contributed by atoms with Gasteiger partial charge in [0.15, 0.2) is 0 Å². The quantitative estimate of drug-likeness (QED) is 0.829. The van der Waals surface area contributed by atoms with Crippen LogP contribution in [0, 0.1) is 16.6 Å². The third-order valence-electron chi connectivity index (χ3n) is 2.82. The minimum atomic E-state index is -0.530. The van der Waals surface area contributed by atoms with Gasteiger partial charge in [-0.2, -0.15) is 0 Å². The Hall–Kier alpha value is -1.03. The molecule has 112 valence electrons. The molecule has 4 heteroatoms. The average molecular weight is 297 g/mol. The summed E-state index contributed by atoms with van der Waals surface area (Å²) in [6.45, 7) is 10.6. The summed E-state index contributed by atoms with van der Waals surface area (Å²) >= 11 is 1.38. The van der Waals surface area contributed by atoms with Crippen LogP contribution in [0.25, 0.3) is 0 Å². The van der Waals surface area contributed by atoms with E-state index in [1.807, 2.05) is 13.8 Å². The lowest BCUT2D eigenvalue weighted by atomic mass is 9.93. The summed E-state index contributed by atoms with van der Waals surface area (Å²) in [5, 5.41) is 2.97. The van der Waals surface area contributed by atoms with Crippen molar-refractivity contribution >= 4 is 17.7 Å². The molecule has 2 nitrogen and oxygen atoms in total. The lowest BCUT2D eigenvalue weighted by Gasteiger charge is -2.26. The second kappa shape index (κ2) is 6.61. The van der Waals surface area contributed by atoms with Crippen molar-refractivity contribution in [1.82, 2.24) is 5.32 Å². The highest BCUT2D eigenvalue weighted by Crippen LogP contribution is 2.29. The van der Waals surface area contributed by atoms with E-state index in [4.69, 9.17) is 0 Å². The van der Waals surface area contributed by atoms with Gasteiger partial charge in [-0.3, -0.25) is 4.79 Å². The van der Waals surface area contributed by atoms with Crippen LogP contribution in [0.15, 0.2) is 29.2 Å². The maximum atomic E-state index is 13.5. The molecule has 0 aromatic heterocycles. The zero-order valence-corrected chi connectivity index (χ0v) is 13.7. The molecule has 1 amide bonds. The van der Waals surface area contributed by atoms with Crippen LogP contribution in [0.1, 0.15) is 34.6 Å². The molecule has 0 fully saturated rings. The molecular formula is C16H24FNOS. The van der Waals surface area contributed by atoms with Crippen LogP contribution in [-0.2, 0) is 4.79 Å². The predicted octanol–water partition coefficient (Wildman–Crippen LogP) is 4.11. The first-order valence-corrected chi connectivity index (χ1v) is 7.76. The number of carbonyl (C=O) groups is 1. The monoisotopic (exact) mass is 297 g/mol. The van der Waals surface area contributed by atoms with Gasteiger partial charge in [0, 0.05) is 17.2 Å². The first-order valence-electron chi connectivity index (χ1n) is 6.77. The SMILES string of the molecule is CC(C)(C)CNC(=O)C(C)(C)CSc1ccccc1F. The fourth-order valence-corrected chi connectivity index (χ4v) is 2.50. The van der Waals surface area contributed by atoms with Crippen molar-refractivity contribution < 1.29 is 9.18 Å². The van der Waals surface area contributed by atoms with E-state index in [9.17, 15) is 9.18 Å². The molecule has 0 atom stereocenters. The zero-order valence-electron chi connectivity index (χ0n) is 12.9. The number of hydrogen-bond donors (Lipinski definition) is 1. The normalized spacial score (nSPS) is 12.3. The highest BCUT2D eigenvalue weighted by Gasteiger charge is 2.28. The van der Waals surface area contributed by atoms with E-state index >= 15 is 0 Å². The number of thioether (sulfide) groups is 1. The molecule has 1 aromatic rings. The maximum Gasteiger partial charge on any atom is 0.226 e. The Morgan fingerprint density at radius 3 is 2.35 bits per heavy atom. The highest BCUT2D eigenvalue weighted by molar-refractivity contribution is 7.99. The fraction of sp³-hybridized carbons (Fsp3) is 0.562. The van der Waals surface area contributed by atoms with Crippen molar-refractivity contribution in [2.45, 2.75) is 39.5 Å². The van der Waals surface area contributed by atoms with E-state index in [1.54, 1.807) is 18.2 Å². The number of rotatable bonds is 5. The number of halogens is 1. The average Bonchev–Trinajstić information content (AvgIpc) is 2.34. The van der Waals surface area contributed by atoms with E-state index in [0.29, 0.717) is 17.2 Å². The van der Waals surface area contributed by atoms with E-state index in [0.717, 1.165) is 0 Å². The topological polar surface area (TPSA) is 29.1 Å². The van der Waals surface area contributed by atoms with Crippen LogP contribution in [0.5, 0.6) is 0 Å². The van der Waals surface area contributed by atoms with Crippen molar-refractivity contribution in [2.75, 3.05) is 12.3 Å². The number of nitrogens with one attached hydrogen (secondary N) is 1. The summed E-state index contributed by atoms with van der Waals surface area (Å²) in [7, 11) is 0. The molecule has 0 aliphatic carbocycles. The van der Waals surface area contributed by atoms with Gasteiger partial charge in [0.1, 0.15) is 5.82 Å². The van der Waals surface area contributed by atoms with E-state index in [-0.39, 0.29) is 17.1 Å². The third kappa shape index (κ3) is 5.53.